The van der Waals surface area contributed by atoms with Gasteiger partial charge in [-0.1, -0.05) is 0 Å². The van der Waals surface area contributed by atoms with Crippen LogP contribution in [0.5, 0.6) is 0 Å². The molecule has 2 aromatic heterocycles. The quantitative estimate of drug-likeness (QED) is 0.734. The Morgan fingerprint density at radius 3 is 2.71 bits per heavy atom. The topological polar surface area (TPSA) is 56.7 Å². The van der Waals surface area contributed by atoms with Gasteiger partial charge in [0.1, 0.15) is 5.82 Å². The molecule has 0 aliphatic heterocycles. The lowest BCUT2D eigenvalue weighted by molar-refractivity contribution is 0.498. The maximum Gasteiger partial charge on any atom is 0.129 e. The zero-order chi connectivity index (χ0) is 10.3. The highest BCUT2D eigenvalue weighted by Gasteiger charge is 2.21. The van der Waals surface area contributed by atoms with E-state index in [1.165, 1.54) is 0 Å². The molecule has 0 amide bonds. The zero-order valence-corrected chi connectivity index (χ0v) is 8.65. The molecule has 14 heavy (non-hydrogen) atoms. The van der Waals surface area contributed by atoms with Crippen LogP contribution in [-0.4, -0.2) is 14.5 Å². The number of rotatable bonds is 1. The number of fused-ring (bicyclic) bond motifs is 1. The molecule has 4 heteroatoms. The SMILES string of the molecule is Cn1c(C(C)(C)N)nc2ccncc21. The first-order chi connectivity index (χ1) is 6.50. The van der Waals surface area contributed by atoms with Gasteiger partial charge in [0.2, 0.25) is 0 Å². The van der Waals surface area contributed by atoms with Crippen LogP contribution in [0.2, 0.25) is 0 Å². The highest BCUT2D eigenvalue weighted by Crippen LogP contribution is 2.20. The molecule has 0 unspecified atom stereocenters. The third-order valence-electron chi connectivity index (χ3n) is 2.26. The summed E-state index contributed by atoms with van der Waals surface area (Å²) in [4.78, 5) is 8.55. The Kier molecular flexibility index (Phi) is 1.82. The summed E-state index contributed by atoms with van der Waals surface area (Å²) >= 11 is 0. The molecule has 0 spiro atoms. The number of pyridine rings is 1. The van der Waals surface area contributed by atoms with E-state index in [4.69, 9.17) is 5.73 Å². The number of imidazole rings is 1. The van der Waals surface area contributed by atoms with Crippen molar-refractivity contribution in [3.05, 3.63) is 24.3 Å². The second-order valence-corrected chi connectivity index (χ2v) is 4.08. The molecule has 0 aromatic carbocycles. The van der Waals surface area contributed by atoms with Gasteiger partial charge in [-0.15, -0.1) is 0 Å². The van der Waals surface area contributed by atoms with E-state index in [2.05, 4.69) is 9.97 Å². The van der Waals surface area contributed by atoms with Crippen LogP contribution in [-0.2, 0) is 12.6 Å². The molecule has 0 fully saturated rings. The maximum absolute atomic E-state index is 6.02. The molecule has 0 bridgehead atoms. The Bertz CT molecular complexity index is 464. The summed E-state index contributed by atoms with van der Waals surface area (Å²) in [6, 6.07) is 1.89. The molecule has 2 heterocycles. The summed E-state index contributed by atoms with van der Waals surface area (Å²) < 4.78 is 1.99. The van der Waals surface area contributed by atoms with E-state index in [1.54, 1.807) is 12.4 Å². The van der Waals surface area contributed by atoms with Crippen molar-refractivity contribution in [2.45, 2.75) is 19.4 Å². The Morgan fingerprint density at radius 1 is 1.43 bits per heavy atom. The normalized spacial score (nSPS) is 12.3. The molecule has 2 N–H and O–H groups in total. The van der Waals surface area contributed by atoms with Gasteiger partial charge in [-0.05, 0) is 19.9 Å². The largest absolute Gasteiger partial charge is 0.328 e. The molecule has 74 valence electrons. The lowest BCUT2D eigenvalue weighted by Crippen LogP contribution is -2.32. The van der Waals surface area contributed by atoms with E-state index in [0.717, 1.165) is 16.9 Å². The molecule has 2 rings (SSSR count). The molecule has 2 aromatic rings. The Labute approximate surface area is 82.8 Å². The van der Waals surface area contributed by atoms with Crippen molar-refractivity contribution in [2.75, 3.05) is 0 Å². The van der Waals surface area contributed by atoms with Gasteiger partial charge >= 0.3 is 0 Å². The Balaban J connectivity index is 2.75. The van der Waals surface area contributed by atoms with Crippen LogP contribution in [0, 0.1) is 0 Å². The smallest absolute Gasteiger partial charge is 0.129 e. The third-order valence-corrected chi connectivity index (χ3v) is 2.26. The third kappa shape index (κ3) is 1.28. The van der Waals surface area contributed by atoms with Crippen molar-refractivity contribution >= 4 is 11.0 Å². The zero-order valence-electron chi connectivity index (χ0n) is 8.65. The first-order valence-electron chi connectivity index (χ1n) is 4.56. The number of aromatic nitrogens is 3. The highest BCUT2D eigenvalue weighted by atomic mass is 15.1. The van der Waals surface area contributed by atoms with E-state index >= 15 is 0 Å². The first kappa shape index (κ1) is 9.15. The van der Waals surface area contributed by atoms with Gasteiger partial charge in [-0.3, -0.25) is 4.98 Å². The number of hydrogen-bond acceptors (Lipinski definition) is 3. The van der Waals surface area contributed by atoms with E-state index < -0.39 is 5.54 Å². The number of hydrogen-bond donors (Lipinski definition) is 1. The summed E-state index contributed by atoms with van der Waals surface area (Å²) in [7, 11) is 1.96. The van der Waals surface area contributed by atoms with Crippen LogP contribution in [0.15, 0.2) is 18.5 Å². The number of aryl methyl sites for hydroxylation is 1. The molecule has 4 nitrogen and oxygen atoms in total. The van der Waals surface area contributed by atoms with Gasteiger partial charge in [-0.2, -0.15) is 0 Å². The lowest BCUT2D eigenvalue weighted by atomic mass is 10.1. The van der Waals surface area contributed by atoms with Crippen molar-refractivity contribution in [3.63, 3.8) is 0 Å². The summed E-state index contributed by atoms with van der Waals surface area (Å²) in [6.45, 7) is 3.89. The molecule has 0 saturated carbocycles. The fourth-order valence-electron chi connectivity index (χ4n) is 1.61. The van der Waals surface area contributed by atoms with Crippen LogP contribution in [0.4, 0.5) is 0 Å². The molecular weight excluding hydrogens is 176 g/mol. The van der Waals surface area contributed by atoms with Gasteiger partial charge in [0.25, 0.3) is 0 Å². The van der Waals surface area contributed by atoms with Crippen LogP contribution >= 0.6 is 0 Å². The summed E-state index contributed by atoms with van der Waals surface area (Å²) in [6.07, 6.45) is 3.54. The maximum atomic E-state index is 6.02. The van der Waals surface area contributed by atoms with E-state index in [1.807, 2.05) is 31.5 Å². The molecular formula is C10H14N4. The second kappa shape index (κ2) is 2.78. The molecule has 0 saturated heterocycles. The minimum atomic E-state index is -0.423. The number of nitrogens with zero attached hydrogens (tertiary/aromatic N) is 3. The molecule has 0 atom stereocenters. The van der Waals surface area contributed by atoms with Crippen molar-refractivity contribution in [3.8, 4) is 0 Å². The van der Waals surface area contributed by atoms with Crippen molar-refractivity contribution in [2.24, 2.45) is 12.8 Å². The minimum absolute atomic E-state index is 0.423. The van der Waals surface area contributed by atoms with Crippen molar-refractivity contribution in [1.29, 1.82) is 0 Å². The van der Waals surface area contributed by atoms with E-state index in [0.29, 0.717) is 0 Å². The highest BCUT2D eigenvalue weighted by molar-refractivity contribution is 5.74. The second-order valence-electron chi connectivity index (χ2n) is 4.08. The number of nitrogens with two attached hydrogens (primary N) is 1. The molecule has 0 aliphatic carbocycles. The van der Waals surface area contributed by atoms with Gasteiger partial charge in [0, 0.05) is 13.2 Å². The van der Waals surface area contributed by atoms with Crippen LogP contribution < -0.4 is 5.73 Å². The van der Waals surface area contributed by atoms with E-state index in [-0.39, 0.29) is 0 Å². The van der Waals surface area contributed by atoms with Crippen molar-refractivity contribution < 1.29 is 0 Å². The lowest BCUT2D eigenvalue weighted by Gasteiger charge is -2.17. The standard InChI is InChI=1S/C10H14N4/c1-10(2,11)9-13-7-4-5-12-6-8(7)14(9)3/h4-6H,11H2,1-3H3. The molecule has 0 aliphatic rings. The van der Waals surface area contributed by atoms with Gasteiger partial charge in [-0.25, -0.2) is 4.98 Å². The average Bonchev–Trinajstić information content (AvgIpc) is 2.44. The van der Waals surface area contributed by atoms with Crippen molar-refractivity contribution in [1.82, 2.24) is 14.5 Å². The van der Waals surface area contributed by atoms with E-state index in [9.17, 15) is 0 Å². The fourth-order valence-corrected chi connectivity index (χ4v) is 1.61. The first-order valence-corrected chi connectivity index (χ1v) is 4.56. The average molecular weight is 190 g/mol. The summed E-state index contributed by atoms with van der Waals surface area (Å²) in [5, 5.41) is 0. The van der Waals surface area contributed by atoms with Gasteiger partial charge < -0.3 is 10.3 Å². The fraction of sp³-hybridized carbons (Fsp3) is 0.400. The Hall–Kier alpha value is -1.42. The molecule has 0 radical (unpaired) electrons. The predicted molar refractivity (Wildman–Crippen MR) is 55.7 cm³/mol. The summed E-state index contributed by atoms with van der Waals surface area (Å²) in [5.74, 6) is 0.875. The van der Waals surface area contributed by atoms with Crippen LogP contribution in [0.25, 0.3) is 11.0 Å². The van der Waals surface area contributed by atoms with Crippen LogP contribution in [0.1, 0.15) is 19.7 Å². The Morgan fingerprint density at radius 2 is 2.14 bits per heavy atom. The van der Waals surface area contributed by atoms with Gasteiger partial charge in [0.05, 0.1) is 22.8 Å². The minimum Gasteiger partial charge on any atom is -0.328 e. The predicted octanol–water partition coefficient (Wildman–Crippen LogP) is 1.16. The monoisotopic (exact) mass is 190 g/mol. The summed E-state index contributed by atoms with van der Waals surface area (Å²) in [5.41, 5.74) is 7.55. The van der Waals surface area contributed by atoms with Crippen LogP contribution in [0.3, 0.4) is 0 Å². The van der Waals surface area contributed by atoms with Gasteiger partial charge in [0.15, 0.2) is 0 Å².